The zero-order chi connectivity index (χ0) is 35.3. The third kappa shape index (κ3) is 4.19. The molecule has 3 heterocycles. The summed E-state index contributed by atoms with van der Waals surface area (Å²) in [7, 11) is 0. The molecule has 0 N–H and O–H groups in total. The highest BCUT2D eigenvalue weighted by Gasteiger charge is 2.23. The number of hydrogen-bond acceptors (Lipinski definition) is 3. The number of hydrogen-bond donors (Lipinski definition) is 0. The molecule has 0 spiro atoms. The maximum absolute atomic E-state index is 6.89. The van der Waals surface area contributed by atoms with Gasteiger partial charge in [-0.05, 0) is 85.9 Å². The standard InChI is InChI=1S/C50H29N3O/c1-2-12-30(13-3-1)35-27-40-39-26-33-16-4-5-17-34(33)29-45(39)54-49(40)41(28-35)48-38-20-10-11-21-42(38)51-50(52-48)53-43-24-22-31-14-6-8-18-36(31)46(43)47-37-19-9-7-15-32(37)23-25-44(47)53/h1-29H. The van der Waals surface area contributed by atoms with Gasteiger partial charge in [-0.15, -0.1) is 0 Å². The van der Waals surface area contributed by atoms with Crippen LogP contribution in [-0.2, 0) is 0 Å². The number of aromatic nitrogens is 3. The van der Waals surface area contributed by atoms with Crippen LogP contribution >= 0.6 is 0 Å². The van der Waals surface area contributed by atoms with E-state index in [0.29, 0.717) is 5.95 Å². The lowest BCUT2D eigenvalue weighted by Crippen LogP contribution is -2.03. The Morgan fingerprint density at radius 2 is 1.00 bits per heavy atom. The largest absolute Gasteiger partial charge is 0.455 e. The van der Waals surface area contributed by atoms with Crippen LogP contribution in [0.5, 0.6) is 0 Å². The number of para-hydroxylation sites is 1. The van der Waals surface area contributed by atoms with Crippen molar-refractivity contribution in [2.75, 3.05) is 0 Å². The van der Waals surface area contributed by atoms with E-state index in [4.69, 9.17) is 14.4 Å². The molecule has 250 valence electrons. The second-order valence-corrected chi connectivity index (χ2v) is 14.2. The average molecular weight is 688 g/mol. The van der Waals surface area contributed by atoms with Gasteiger partial charge in [-0.3, -0.25) is 4.57 Å². The zero-order valence-electron chi connectivity index (χ0n) is 29.0. The normalized spacial score (nSPS) is 12.1. The fourth-order valence-electron chi connectivity index (χ4n) is 8.67. The van der Waals surface area contributed by atoms with Crippen LogP contribution in [-0.4, -0.2) is 14.5 Å². The predicted molar refractivity (Wildman–Crippen MR) is 225 cm³/mol. The van der Waals surface area contributed by atoms with Crippen molar-refractivity contribution in [2.45, 2.75) is 0 Å². The number of benzene rings is 9. The maximum atomic E-state index is 6.89. The molecular weight excluding hydrogens is 659 g/mol. The predicted octanol–water partition coefficient (Wildman–Crippen LogP) is 13.4. The van der Waals surface area contributed by atoms with Gasteiger partial charge in [-0.1, -0.05) is 133 Å². The van der Waals surface area contributed by atoms with Crippen LogP contribution < -0.4 is 0 Å². The fourth-order valence-corrected chi connectivity index (χ4v) is 8.67. The molecule has 0 saturated heterocycles. The minimum Gasteiger partial charge on any atom is -0.455 e. The number of rotatable bonds is 3. The van der Waals surface area contributed by atoms with Crippen LogP contribution in [0.4, 0.5) is 0 Å². The topological polar surface area (TPSA) is 43.9 Å². The number of nitrogens with zero attached hydrogens (tertiary/aromatic N) is 3. The summed E-state index contributed by atoms with van der Waals surface area (Å²) >= 11 is 0. The van der Waals surface area contributed by atoms with Crippen molar-refractivity contribution < 1.29 is 4.42 Å². The lowest BCUT2D eigenvalue weighted by molar-refractivity contribution is 0.670. The number of furan rings is 1. The molecular formula is C50H29N3O. The Morgan fingerprint density at radius 1 is 0.407 bits per heavy atom. The third-order valence-corrected chi connectivity index (χ3v) is 11.1. The summed E-state index contributed by atoms with van der Waals surface area (Å²) in [5.41, 5.74) is 8.68. The molecule has 0 amide bonds. The van der Waals surface area contributed by atoms with Gasteiger partial charge in [0.15, 0.2) is 0 Å². The summed E-state index contributed by atoms with van der Waals surface area (Å²) in [5, 5.41) is 12.7. The van der Waals surface area contributed by atoms with Crippen molar-refractivity contribution in [1.82, 2.24) is 14.5 Å². The molecule has 0 bridgehead atoms. The van der Waals surface area contributed by atoms with Gasteiger partial charge in [-0.25, -0.2) is 9.97 Å². The summed E-state index contributed by atoms with van der Waals surface area (Å²) in [5.74, 6) is 0.620. The smallest absolute Gasteiger partial charge is 0.235 e. The monoisotopic (exact) mass is 687 g/mol. The quantitative estimate of drug-likeness (QED) is 0.186. The molecule has 12 aromatic rings. The summed E-state index contributed by atoms with van der Waals surface area (Å²) in [6.07, 6.45) is 0. The third-order valence-electron chi connectivity index (χ3n) is 11.1. The first kappa shape index (κ1) is 29.3. The highest BCUT2D eigenvalue weighted by molar-refractivity contribution is 6.28. The van der Waals surface area contributed by atoms with Crippen molar-refractivity contribution in [3.05, 3.63) is 176 Å². The van der Waals surface area contributed by atoms with Gasteiger partial charge in [0.1, 0.15) is 11.2 Å². The highest BCUT2D eigenvalue weighted by atomic mass is 16.3. The Morgan fingerprint density at radius 3 is 1.70 bits per heavy atom. The second kappa shape index (κ2) is 11.1. The Kier molecular flexibility index (Phi) is 6.02. The van der Waals surface area contributed by atoms with Crippen molar-refractivity contribution in [2.24, 2.45) is 0 Å². The first-order valence-corrected chi connectivity index (χ1v) is 18.3. The van der Waals surface area contributed by atoms with Crippen molar-refractivity contribution in [3.63, 3.8) is 0 Å². The molecule has 0 saturated carbocycles. The van der Waals surface area contributed by atoms with Crippen LogP contribution in [0.1, 0.15) is 0 Å². The van der Waals surface area contributed by atoms with Gasteiger partial charge in [-0.2, -0.15) is 0 Å². The van der Waals surface area contributed by atoms with Gasteiger partial charge in [0.25, 0.3) is 0 Å². The van der Waals surface area contributed by atoms with Crippen LogP contribution in [0.2, 0.25) is 0 Å². The number of fused-ring (bicyclic) bond motifs is 12. The minimum absolute atomic E-state index is 0.620. The van der Waals surface area contributed by atoms with Crippen LogP contribution in [0.3, 0.4) is 0 Å². The Bertz CT molecular complexity index is 3410. The lowest BCUT2D eigenvalue weighted by Gasteiger charge is -2.13. The van der Waals surface area contributed by atoms with E-state index >= 15 is 0 Å². The van der Waals surface area contributed by atoms with E-state index in [0.717, 1.165) is 71.6 Å². The van der Waals surface area contributed by atoms with Crippen LogP contribution in [0.25, 0.3) is 115 Å². The molecule has 0 unspecified atom stereocenters. The zero-order valence-corrected chi connectivity index (χ0v) is 29.0. The van der Waals surface area contributed by atoms with Gasteiger partial charge in [0.2, 0.25) is 5.95 Å². The van der Waals surface area contributed by atoms with E-state index in [2.05, 4.69) is 180 Å². The van der Waals surface area contributed by atoms with Gasteiger partial charge >= 0.3 is 0 Å². The van der Waals surface area contributed by atoms with E-state index in [1.54, 1.807) is 0 Å². The van der Waals surface area contributed by atoms with Crippen molar-refractivity contribution >= 4 is 87.0 Å². The summed E-state index contributed by atoms with van der Waals surface area (Å²) in [4.78, 5) is 10.9. The Hall–Kier alpha value is -7.30. The van der Waals surface area contributed by atoms with E-state index < -0.39 is 0 Å². The van der Waals surface area contributed by atoms with Gasteiger partial charge < -0.3 is 4.42 Å². The van der Waals surface area contributed by atoms with Crippen molar-refractivity contribution in [3.8, 4) is 28.3 Å². The average Bonchev–Trinajstić information content (AvgIpc) is 3.78. The van der Waals surface area contributed by atoms with E-state index in [9.17, 15) is 0 Å². The second-order valence-electron chi connectivity index (χ2n) is 14.2. The fraction of sp³-hybridized carbons (Fsp3) is 0. The van der Waals surface area contributed by atoms with Gasteiger partial charge in [0, 0.05) is 32.5 Å². The molecule has 0 radical (unpaired) electrons. The maximum Gasteiger partial charge on any atom is 0.235 e. The Balaban J connectivity index is 1.22. The minimum atomic E-state index is 0.620. The van der Waals surface area contributed by atoms with E-state index in [1.165, 1.54) is 37.7 Å². The van der Waals surface area contributed by atoms with Crippen LogP contribution in [0.15, 0.2) is 180 Å². The van der Waals surface area contributed by atoms with Crippen LogP contribution in [0, 0.1) is 0 Å². The van der Waals surface area contributed by atoms with E-state index in [1.807, 2.05) is 0 Å². The Labute approximate surface area is 309 Å². The first-order chi connectivity index (χ1) is 26.8. The molecule has 0 aliphatic rings. The SMILES string of the molecule is c1ccc(-c2cc(-c3nc(-n4c5ccc6ccccc6c5c5c6ccccc6ccc54)nc4ccccc34)c3oc4cc5ccccc5cc4c3c2)cc1. The summed E-state index contributed by atoms with van der Waals surface area (Å²) < 4.78 is 9.14. The molecule has 54 heavy (non-hydrogen) atoms. The van der Waals surface area contributed by atoms with E-state index in [-0.39, 0.29) is 0 Å². The molecule has 9 aromatic carbocycles. The molecule has 0 aliphatic heterocycles. The molecule has 4 nitrogen and oxygen atoms in total. The molecule has 4 heteroatoms. The summed E-state index contributed by atoms with van der Waals surface area (Å²) in [6.45, 7) is 0. The molecule has 0 fully saturated rings. The molecule has 0 aliphatic carbocycles. The molecule has 0 atom stereocenters. The summed E-state index contributed by atoms with van der Waals surface area (Å²) in [6, 6.07) is 62.5. The highest BCUT2D eigenvalue weighted by Crippen LogP contribution is 2.44. The van der Waals surface area contributed by atoms with Crippen molar-refractivity contribution in [1.29, 1.82) is 0 Å². The van der Waals surface area contributed by atoms with Gasteiger partial charge in [0.05, 0.1) is 22.2 Å². The molecule has 12 rings (SSSR count). The first-order valence-electron chi connectivity index (χ1n) is 18.3. The molecule has 3 aromatic heterocycles. The lowest BCUT2D eigenvalue weighted by atomic mass is 9.96.